The fraction of sp³-hybridized carbons (Fsp3) is 0.647. The van der Waals surface area contributed by atoms with E-state index in [2.05, 4.69) is 219 Å². The number of hydrogen-bond donors (Lipinski definition) is 5. The van der Waals surface area contributed by atoms with Crippen molar-refractivity contribution in [3.63, 3.8) is 0 Å². The minimum absolute atomic E-state index is 0. The normalized spacial score (nSPS) is 22.8. The van der Waals surface area contributed by atoms with Crippen molar-refractivity contribution in [1.29, 1.82) is 0 Å². The molecule has 0 bridgehead atoms. The van der Waals surface area contributed by atoms with Crippen LogP contribution in [-0.4, -0.2) is 0 Å². The Morgan fingerprint density at radius 2 is 0.295 bits per heavy atom. The molecule has 5 saturated carbocycles. The molecule has 10 heteroatoms. The lowest BCUT2D eigenvalue weighted by Gasteiger charge is -2.28. The van der Waals surface area contributed by atoms with Gasteiger partial charge in [0.05, 0.1) is 0 Å². The van der Waals surface area contributed by atoms with Crippen LogP contribution in [-0.2, 0) is 32.1 Å². The SMILES string of the molecule is CCCC1CCC(CCc2ccc(S)cc2)CC1.CCCC1CCC(CCc2ccc(S)cc2)CC1.CCCC1CCC(CCc2ccc(S)cc2)CC1.CCCC1CCC(CCc2ccc(S)cc2)CC1.CCCC1CCC(CCc2ccc(S)cc2)CC1.F.F.F.F.F. The van der Waals surface area contributed by atoms with Crippen molar-refractivity contribution in [3.05, 3.63) is 149 Å². The zero-order valence-corrected chi connectivity index (χ0v) is 64.4. The van der Waals surface area contributed by atoms with Crippen molar-refractivity contribution in [2.24, 2.45) is 59.2 Å². The van der Waals surface area contributed by atoms with Crippen LogP contribution in [0.5, 0.6) is 0 Å². The highest BCUT2D eigenvalue weighted by Crippen LogP contribution is 2.38. The zero-order chi connectivity index (χ0) is 64.0. The summed E-state index contributed by atoms with van der Waals surface area (Å²) >= 11 is 21.7. The largest absolute Gasteiger partial charge is 0.269 e. The molecular weight excluding hydrogens is 1280 g/mol. The smallest absolute Gasteiger partial charge is 0.00401 e. The number of benzene rings is 5. The van der Waals surface area contributed by atoms with Crippen molar-refractivity contribution in [1.82, 2.24) is 0 Å². The Kier molecular flexibility index (Phi) is 51.7. The first-order chi connectivity index (χ1) is 43.9. The van der Waals surface area contributed by atoms with Gasteiger partial charge in [0, 0.05) is 24.5 Å². The first-order valence-electron chi connectivity index (χ1n) is 37.8. The Balaban J connectivity index is 0.000000586. The van der Waals surface area contributed by atoms with E-state index in [1.807, 2.05) is 0 Å². The lowest BCUT2D eigenvalue weighted by Crippen LogP contribution is -2.15. The summed E-state index contributed by atoms with van der Waals surface area (Å²) in [5.74, 6) is 10.1. The molecule has 5 aliphatic carbocycles. The first-order valence-corrected chi connectivity index (χ1v) is 40.0. The van der Waals surface area contributed by atoms with E-state index in [1.165, 1.54) is 285 Å². The Hall–Kier alpha value is -2.50. The summed E-state index contributed by atoms with van der Waals surface area (Å²) in [5, 5.41) is 0. The third-order valence-electron chi connectivity index (χ3n) is 22.2. The van der Waals surface area contributed by atoms with Gasteiger partial charge in [0.1, 0.15) is 0 Å². The van der Waals surface area contributed by atoms with E-state index < -0.39 is 0 Å². The molecule has 0 saturated heterocycles. The second-order valence-electron chi connectivity index (χ2n) is 29.4. The Morgan fingerprint density at radius 3 is 0.400 bits per heavy atom. The minimum Gasteiger partial charge on any atom is -0.269 e. The fourth-order valence-electron chi connectivity index (χ4n) is 16.3. The monoisotopic (exact) mass is 1410 g/mol. The molecule has 0 aliphatic heterocycles. The van der Waals surface area contributed by atoms with Crippen LogP contribution in [0.3, 0.4) is 0 Å². The molecule has 5 aliphatic rings. The van der Waals surface area contributed by atoms with Crippen molar-refractivity contribution in [2.45, 2.75) is 316 Å². The quantitative estimate of drug-likeness (QED) is 0.0279. The second-order valence-corrected chi connectivity index (χ2v) is 32.0. The van der Waals surface area contributed by atoms with Crippen LogP contribution >= 0.6 is 63.1 Å². The lowest BCUT2D eigenvalue weighted by atomic mass is 9.78. The molecule has 0 unspecified atom stereocenters. The van der Waals surface area contributed by atoms with Gasteiger partial charge >= 0.3 is 0 Å². The van der Waals surface area contributed by atoms with Crippen LogP contribution in [0.1, 0.15) is 287 Å². The summed E-state index contributed by atoms with van der Waals surface area (Å²) in [5.41, 5.74) is 7.38. The highest BCUT2D eigenvalue weighted by Gasteiger charge is 2.25. The van der Waals surface area contributed by atoms with Gasteiger partial charge in [0.15, 0.2) is 0 Å². The predicted octanol–water partition coefficient (Wildman–Crippen LogP) is 28.3. The third kappa shape index (κ3) is 38.8. The number of rotatable bonds is 25. The summed E-state index contributed by atoms with van der Waals surface area (Å²) < 4.78 is 0. The van der Waals surface area contributed by atoms with Gasteiger partial charge in [-0.05, 0) is 212 Å². The maximum atomic E-state index is 4.33. The third-order valence-corrected chi connectivity index (χ3v) is 23.7. The van der Waals surface area contributed by atoms with E-state index in [9.17, 15) is 0 Å². The van der Waals surface area contributed by atoms with Gasteiger partial charge < -0.3 is 0 Å². The van der Waals surface area contributed by atoms with Crippen LogP contribution in [0.25, 0.3) is 0 Å². The molecule has 0 spiro atoms. The summed E-state index contributed by atoms with van der Waals surface area (Å²) in [6.45, 7) is 11.6. The van der Waals surface area contributed by atoms with E-state index in [0.29, 0.717) is 0 Å². The zero-order valence-electron chi connectivity index (χ0n) is 59.9. The number of aryl methyl sites for hydroxylation is 5. The maximum absolute atomic E-state index is 4.33. The molecule has 10 rings (SSSR count). The maximum Gasteiger partial charge on any atom is 0.00401 e. The molecule has 5 fully saturated rings. The molecule has 0 aromatic heterocycles. The fourth-order valence-corrected chi connectivity index (χ4v) is 17.0. The van der Waals surface area contributed by atoms with Crippen molar-refractivity contribution >= 4 is 63.1 Å². The molecule has 5 aromatic carbocycles. The van der Waals surface area contributed by atoms with E-state index in [-0.39, 0.29) is 23.5 Å². The lowest BCUT2D eigenvalue weighted by molar-refractivity contribution is 0.252. The van der Waals surface area contributed by atoms with E-state index >= 15 is 0 Å². The van der Waals surface area contributed by atoms with Crippen molar-refractivity contribution in [3.8, 4) is 0 Å². The highest BCUT2D eigenvalue weighted by atomic mass is 32.1. The predicted molar refractivity (Wildman–Crippen MR) is 424 cm³/mol. The molecule has 0 atom stereocenters. The number of hydrogen-bond acceptors (Lipinski definition) is 5. The molecular formula is C85H135F5S5. The summed E-state index contributed by atoms with van der Waals surface area (Å²) in [4.78, 5) is 5.34. The molecule has 0 radical (unpaired) electrons. The van der Waals surface area contributed by atoms with Crippen molar-refractivity contribution in [2.75, 3.05) is 0 Å². The van der Waals surface area contributed by atoms with Gasteiger partial charge in [-0.15, -0.1) is 63.1 Å². The van der Waals surface area contributed by atoms with Gasteiger partial charge in [-0.1, -0.05) is 288 Å². The first kappa shape index (κ1) is 90.5. The average molecular weight is 1410 g/mol. The van der Waals surface area contributed by atoms with Crippen LogP contribution in [0.15, 0.2) is 146 Å². The number of thiol groups is 5. The molecule has 0 nitrogen and oxygen atoms in total. The minimum atomic E-state index is 0. The molecule has 0 amide bonds. The van der Waals surface area contributed by atoms with Gasteiger partial charge in [0.25, 0.3) is 0 Å². The average Bonchev–Trinajstić information content (AvgIpc) is 3.77. The Bertz CT molecular complexity index is 2110. The van der Waals surface area contributed by atoms with E-state index in [1.54, 1.807) is 0 Å². The standard InChI is InChI=1S/5C17H26S.5FH/c5*1-2-3-14-4-6-15(7-5-14)8-9-16-10-12-17(18)13-11-16;;;;;/h5*10-15,18H,2-9H2,1H3;5*1H. The molecule has 540 valence electrons. The highest BCUT2D eigenvalue weighted by molar-refractivity contribution is 7.81. The Morgan fingerprint density at radius 1 is 0.189 bits per heavy atom. The Labute approximate surface area is 606 Å². The van der Waals surface area contributed by atoms with Crippen LogP contribution in [0, 0.1) is 59.2 Å². The van der Waals surface area contributed by atoms with Crippen LogP contribution in [0.4, 0.5) is 23.5 Å². The van der Waals surface area contributed by atoms with Gasteiger partial charge in [-0.2, -0.15) is 0 Å². The summed E-state index contributed by atoms with van der Waals surface area (Å²) in [6.07, 6.45) is 56.7. The summed E-state index contributed by atoms with van der Waals surface area (Å²) in [6, 6.07) is 43.3. The van der Waals surface area contributed by atoms with Gasteiger partial charge in [-0.25, -0.2) is 0 Å². The van der Waals surface area contributed by atoms with Gasteiger partial charge in [0.2, 0.25) is 0 Å². The van der Waals surface area contributed by atoms with Crippen LogP contribution in [0.2, 0.25) is 0 Å². The molecule has 5 aromatic rings. The number of halogens is 5. The molecule has 0 heterocycles. The topological polar surface area (TPSA) is 0 Å². The van der Waals surface area contributed by atoms with E-state index in [4.69, 9.17) is 0 Å². The molecule has 95 heavy (non-hydrogen) atoms. The molecule has 0 N–H and O–H groups in total. The summed E-state index contributed by atoms with van der Waals surface area (Å²) in [7, 11) is 0. The second kappa shape index (κ2) is 54.3. The van der Waals surface area contributed by atoms with Crippen LogP contribution < -0.4 is 0 Å². The van der Waals surface area contributed by atoms with Crippen molar-refractivity contribution < 1.29 is 23.5 Å². The van der Waals surface area contributed by atoms with Gasteiger partial charge in [-0.3, -0.25) is 23.5 Å². The van der Waals surface area contributed by atoms with E-state index in [0.717, 1.165) is 83.7 Å².